The third-order valence-electron chi connectivity index (χ3n) is 7.69. The second kappa shape index (κ2) is 22.6. The summed E-state index contributed by atoms with van der Waals surface area (Å²) in [6.45, 7) is 6.18. The molecule has 316 valence electrons. The van der Waals surface area contributed by atoms with Crippen LogP contribution >= 0.6 is 0 Å². The lowest BCUT2D eigenvalue weighted by atomic mass is 10.1. The van der Waals surface area contributed by atoms with E-state index in [1.165, 1.54) is 12.8 Å². The number of aromatic nitrogens is 2. The molecule has 0 bridgehead atoms. The van der Waals surface area contributed by atoms with Gasteiger partial charge in [0.05, 0.1) is 60.5 Å². The number of amides is 1. The minimum atomic E-state index is -0.551. The van der Waals surface area contributed by atoms with Crippen molar-refractivity contribution in [3.8, 4) is 58.6 Å². The maximum Gasteiger partial charge on any atom is 0.407 e. The second-order valence-corrected chi connectivity index (χ2v) is 13.2. The average Bonchev–Trinajstić information content (AvgIpc) is 4.01. The molecule has 6 aromatic rings. The molecule has 7 N–H and O–H groups in total. The standard InChI is InChI=1S/C24H26N4O6.C19H18N4O4/c1-24(2,3)34-23(29)26-14-17-6-5-7-18(12-17)27-32-10-11-33-28-19-8-9-20(21(13-19)30-4)22-15-25-16-31-22;1-24-18-10-16(5-6-17(18)19-12-21-13-25-19)23-27-8-7-26-22-15-4-2-3-14(9-15)11-20/h5-9,12-13,15-16,27-28H,14H2,1-4H3,(H,26,29);2-6,9-10,12-13,22-23H,11,20H2,1H3. The minimum absolute atomic E-state index is 0.307. The fourth-order valence-electron chi connectivity index (χ4n) is 5.03. The predicted molar refractivity (Wildman–Crippen MR) is 225 cm³/mol. The molecule has 0 spiro atoms. The molecule has 0 aliphatic heterocycles. The van der Waals surface area contributed by atoms with Crippen LogP contribution in [0.5, 0.6) is 11.5 Å². The zero-order valence-corrected chi connectivity index (χ0v) is 33.9. The van der Waals surface area contributed by atoms with E-state index in [4.69, 9.17) is 48.1 Å². The van der Waals surface area contributed by atoms with E-state index in [1.54, 1.807) is 69.1 Å². The number of carbonyl (C=O) groups is 1. The smallest absolute Gasteiger partial charge is 0.407 e. The summed E-state index contributed by atoms with van der Waals surface area (Å²) in [7, 11) is 3.13. The quantitative estimate of drug-likeness (QED) is 0.0429. The third-order valence-corrected chi connectivity index (χ3v) is 7.69. The zero-order valence-electron chi connectivity index (χ0n) is 33.9. The van der Waals surface area contributed by atoms with Crippen molar-refractivity contribution in [2.24, 2.45) is 5.73 Å². The van der Waals surface area contributed by atoms with Crippen LogP contribution in [0.25, 0.3) is 22.6 Å². The fourth-order valence-corrected chi connectivity index (χ4v) is 5.03. The van der Waals surface area contributed by atoms with Gasteiger partial charge in [-0.25, -0.2) is 36.7 Å². The molecular formula is C43H44N8O10. The van der Waals surface area contributed by atoms with Crippen molar-refractivity contribution in [1.29, 1.82) is 0 Å². The Morgan fingerprint density at radius 3 is 1.49 bits per heavy atom. The molecule has 2 heterocycles. The summed E-state index contributed by atoms with van der Waals surface area (Å²) >= 11 is 0. The summed E-state index contributed by atoms with van der Waals surface area (Å²) < 4.78 is 26.5. The third kappa shape index (κ3) is 14.5. The van der Waals surface area contributed by atoms with Crippen molar-refractivity contribution < 1.29 is 47.2 Å². The van der Waals surface area contributed by atoms with Gasteiger partial charge in [-0.3, -0.25) is 0 Å². The Morgan fingerprint density at radius 1 is 0.639 bits per heavy atom. The number of rotatable bonds is 15. The van der Waals surface area contributed by atoms with Crippen molar-refractivity contribution in [3.63, 3.8) is 0 Å². The van der Waals surface area contributed by atoms with Crippen LogP contribution in [-0.4, -0.2) is 35.9 Å². The molecule has 1 amide bonds. The molecule has 0 saturated carbocycles. The van der Waals surface area contributed by atoms with Crippen LogP contribution in [0, 0.1) is 24.4 Å². The molecule has 6 rings (SSSR count). The van der Waals surface area contributed by atoms with Crippen LogP contribution in [0.3, 0.4) is 0 Å². The summed E-state index contributed by atoms with van der Waals surface area (Å²) in [5.74, 6) is 2.38. The SMILES string of the molecule is COc1cc(NOC#CONc2cccc(CN)c2)ccc1-c1cnco1.COc1cc(NOC#CONc2cccc(CNC(=O)OC(C)(C)C)c2)ccc1-c1cnco1. The Hall–Kier alpha value is -8.35. The van der Waals surface area contributed by atoms with Gasteiger partial charge < -0.3 is 53.4 Å². The number of nitrogens with one attached hydrogen (secondary N) is 5. The first-order valence-electron chi connectivity index (χ1n) is 18.3. The van der Waals surface area contributed by atoms with Crippen LogP contribution in [0.1, 0.15) is 31.9 Å². The van der Waals surface area contributed by atoms with Gasteiger partial charge in [-0.15, -0.1) is 0 Å². The lowest BCUT2D eigenvalue weighted by molar-refractivity contribution is 0.0523. The summed E-state index contributed by atoms with van der Waals surface area (Å²) in [5, 5.41) is 2.70. The van der Waals surface area contributed by atoms with Gasteiger partial charge in [0.15, 0.2) is 48.7 Å². The highest BCUT2D eigenvalue weighted by molar-refractivity contribution is 5.70. The van der Waals surface area contributed by atoms with Gasteiger partial charge in [0, 0.05) is 25.2 Å². The molecule has 18 heteroatoms. The van der Waals surface area contributed by atoms with E-state index in [1.807, 2.05) is 63.2 Å². The summed E-state index contributed by atoms with van der Waals surface area (Å²) in [4.78, 5) is 39.8. The highest BCUT2D eigenvalue weighted by atomic mass is 16.7. The van der Waals surface area contributed by atoms with E-state index in [0.717, 1.165) is 27.9 Å². The topological polar surface area (TPSA) is 220 Å². The number of nitrogens with two attached hydrogens (primary N) is 1. The van der Waals surface area contributed by atoms with Gasteiger partial charge in [0.25, 0.3) is 0 Å². The Kier molecular flexibility index (Phi) is 16.2. The van der Waals surface area contributed by atoms with Crippen molar-refractivity contribution in [3.05, 3.63) is 121 Å². The number of carbonyl (C=O) groups excluding carboxylic acids is 1. The molecule has 18 nitrogen and oxygen atoms in total. The molecule has 0 aliphatic carbocycles. The lowest BCUT2D eigenvalue weighted by Gasteiger charge is -2.19. The molecular weight excluding hydrogens is 789 g/mol. The molecule has 4 aromatic carbocycles. The van der Waals surface area contributed by atoms with Crippen LogP contribution in [0.4, 0.5) is 27.5 Å². The summed E-state index contributed by atoms with van der Waals surface area (Å²) in [6, 6.07) is 25.4. The summed E-state index contributed by atoms with van der Waals surface area (Å²) in [6.07, 6.45) is 14.9. The average molecular weight is 833 g/mol. The number of anilines is 4. The van der Waals surface area contributed by atoms with Crippen LogP contribution < -0.4 is 42.4 Å². The van der Waals surface area contributed by atoms with Crippen LogP contribution in [0.15, 0.2) is 119 Å². The second-order valence-electron chi connectivity index (χ2n) is 13.2. The van der Waals surface area contributed by atoms with Gasteiger partial charge >= 0.3 is 6.09 Å². The van der Waals surface area contributed by atoms with Crippen molar-refractivity contribution in [1.82, 2.24) is 15.3 Å². The lowest BCUT2D eigenvalue weighted by Crippen LogP contribution is -2.32. The first kappa shape index (κ1) is 43.8. The number of methoxy groups -OCH3 is 2. The Labute approximate surface area is 351 Å². The molecule has 0 aliphatic rings. The van der Waals surface area contributed by atoms with Gasteiger partial charge in [0.1, 0.15) is 17.1 Å². The van der Waals surface area contributed by atoms with E-state index >= 15 is 0 Å². The van der Waals surface area contributed by atoms with Crippen LogP contribution in [0.2, 0.25) is 0 Å². The van der Waals surface area contributed by atoms with E-state index in [-0.39, 0.29) is 0 Å². The summed E-state index contributed by atoms with van der Waals surface area (Å²) in [5.41, 5.74) is 21.8. The Bertz CT molecular complexity index is 2420. The number of benzene rings is 4. The monoisotopic (exact) mass is 832 g/mol. The minimum Gasteiger partial charge on any atom is -0.496 e. The first-order valence-corrected chi connectivity index (χ1v) is 18.3. The van der Waals surface area contributed by atoms with E-state index in [0.29, 0.717) is 53.2 Å². The van der Waals surface area contributed by atoms with Crippen molar-refractivity contribution >= 4 is 28.8 Å². The number of hydrogen-bond acceptors (Lipinski definition) is 17. The normalized spacial score (nSPS) is 10.1. The number of oxazole rings is 2. The molecule has 0 unspecified atom stereocenters. The molecule has 0 fully saturated rings. The largest absolute Gasteiger partial charge is 0.496 e. The highest BCUT2D eigenvalue weighted by Crippen LogP contribution is 2.33. The molecule has 0 saturated heterocycles. The van der Waals surface area contributed by atoms with E-state index < -0.39 is 11.7 Å². The number of alkyl carbamates (subject to hydrolysis) is 1. The maximum absolute atomic E-state index is 11.8. The molecule has 0 atom stereocenters. The Morgan fingerprint density at radius 2 is 1.08 bits per heavy atom. The molecule has 61 heavy (non-hydrogen) atoms. The van der Waals surface area contributed by atoms with Gasteiger partial charge in [-0.2, -0.15) is 0 Å². The Balaban J connectivity index is 0.000000237. The van der Waals surface area contributed by atoms with Gasteiger partial charge in [-0.1, -0.05) is 24.3 Å². The number of hydrogen-bond donors (Lipinski definition) is 6. The van der Waals surface area contributed by atoms with Gasteiger partial charge in [0.2, 0.25) is 0 Å². The van der Waals surface area contributed by atoms with Crippen molar-refractivity contribution in [2.75, 3.05) is 36.1 Å². The van der Waals surface area contributed by atoms with Crippen LogP contribution in [-0.2, 0) is 37.2 Å². The van der Waals surface area contributed by atoms with E-state index in [2.05, 4.69) is 61.6 Å². The molecule has 0 radical (unpaired) electrons. The first-order chi connectivity index (χ1) is 29.6. The molecule has 2 aromatic heterocycles. The predicted octanol–water partition coefficient (Wildman–Crippen LogP) is 7.80. The maximum atomic E-state index is 11.8. The van der Waals surface area contributed by atoms with Crippen molar-refractivity contribution in [2.45, 2.75) is 39.5 Å². The van der Waals surface area contributed by atoms with E-state index in [9.17, 15) is 4.79 Å². The fraction of sp³-hybridized carbons (Fsp3) is 0.186. The number of ether oxygens (including phenoxy) is 3. The zero-order chi connectivity index (χ0) is 43.3. The highest BCUT2D eigenvalue weighted by Gasteiger charge is 2.16. The van der Waals surface area contributed by atoms with Gasteiger partial charge in [-0.05, 0) is 80.4 Å². The number of nitrogens with zero attached hydrogens (tertiary/aromatic N) is 2.